The predicted molar refractivity (Wildman–Crippen MR) is 105 cm³/mol. The van der Waals surface area contributed by atoms with Crippen molar-refractivity contribution in [2.24, 2.45) is 5.92 Å². The highest BCUT2D eigenvalue weighted by molar-refractivity contribution is 7.89. The van der Waals surface area contributed by atoms with Gasteiger partial charge in [-0.05, 0) is 38.1 Å². The molecule has 2 amide bonds. The van der Waals surface area contributed by atoms with E-state index >= 15 is 0 Å². The summed E-state index contributed by atoms with van der Waals surface area (Å²) in [7, 11) is -3.87. The van der Waals surface area contributed by atoms with Gasteiger partial charge in [0.25, 0.3) is 11.8 Å². The molecule has 162 valence electrons. The molecule has 1 fully saturated rings. The minimum atomic E-state index is -3.87. The van der Waals surface area contributed by atoms with Gasteiger partial charge in [0.05, 0.1) is 10.8 Å². The quantitative estimate of drug-likeness (QED) is 0.643. The van der Waals surface area contributed by atoms with Gasteiger partial charge < -0.3 is 9.26 Å². The zero-order chi connectivity index (χ0) is 21.9. The summed E-state index contributed by atoms with van der Waals surface area (Å²) >= 11 is 1.18. The number of sulfonamides is 1. The number of aryl methyl sites for hydroxylation is 2. The second-order valence-corrected chi connectivity index (χ2v) is 9.64. The average Bonchev–Trinajstić information content (AvgIpc) is 3.36. The molecule has 0 saturated carbocycles. The summed E-state index contributed by atoms with van der Waals surface area (Å²) in [4.78, 5) is 36.4. The maximum atomic E-state index is 12.9. The Hall–Kier alpha value is -2.57. The first-order valence-electron chi connectivity index (χ1n) is 9.17. The number of aromatic nitrogens is 1. The Bertz CT molecular complexity index is 1020. The van der Waals surface area contributed by atoms with E-state index in [0.717, 1.165) is 0 Å². The van der Waals surface area contributed by atoms with Gasteiger partial charge in [-0.3, -0.25) is 19.7 Å². The number of rotatable bonds is 6. The fourth-order valence-electron chi connectivity index (χ4n) is 3.21. The third-order valence-corrected chi connectivity index (χ3v) is 7.61. The highest BCUT2D eigenvalue weighted by Crippen LogP contribution is 2.28. The SMILES string of the molecule is Cc1noc(C)c1S(=O)(=O)N1CCCC(C(=O)OCC(=O)NC(=O)c2cccs2)C1. The molecule has 3 rings (SSSR count). The topological polar surface area (TPSA) is 136 Å². The molecule has 0 aliphatic carbocycles. The standard InChI is InChI=1S/C18H21N3O7S2/c1-11-16(12(2)28-20-11)30(25,26)21-7-3-5-13(9-21)18(24)27-10-15(22)19-17(23)14-6-4-8-29-14/h4,6,8,13H,3,5,7,9-10H2,1-2H3,(H,19,22,23). The molecular weight excluding hydrogens is 434 g/mol. The van der Waals surface area contributed by atoms with Gasteiger partial charge >= 0.3 is 5.97 Å². The van der Waals surface area contributed by atoms with E-state index in [0.29, 0.717) is 17.7 Å². The van der Waals surface area contributed by atoms with E-state index < -0.39 is 40.3 Å². The number of imide groups is 1. The molecular formula is C18H21N3O7S2. The normalized spacial score (nSPS) is 17.5. The van der Waals surface area contributed by atoms with Gasteiger partial charge in [0.2, 0.25) is 10.0 Å². The van der Waals surface area contributed by atoms with Crippen molar-refractivity contribution in [2.45, 2.75) is 31.6 Å². The van der Waals surface area contributed by atoms with E-state index in [4.69, 9.17) is 9.26 Å². The summed E-state index contributed by atoms with van der Waals surface area (Å²) in [5, 5.41) is 7.51. The van der Waals surface area contributed by atoms with Crippen LogP contribution in [0.5, 0.6) is 0 Å². The van der Waals surface area contributed by atoms with Crippen LogP contribution in [0.2, 0.25) is 0 Å². The summed E-state index contributed by atoms with van der Waals surface area (Å²) in [5.41, 5.74) is 0.254. The summed E-state index contributed by atoms with van der Waals surface area (Å²) in [6.07, 6.45) is 0.896. The van der Waals surface area contributed by atoms with E-state index in [1.807, 2.05) is 0 Å². The third kappa shape index (κ3) is 4.77. The lowest BCUT2D eigenvalue weighted by atomic mass is 10.00. The van der Waals surface area contributed by atoms with E-state index in [1.54, 1.807) is 17.5 Å². The maximum Gasteiger partial charge on any atom is 0.310 e. The number of esters is 1. The molecule has 10 nitrogen and oxygen atoms in total. The number of hydrogen-bond donors (Lipinski definition) is 1. The molecule has 1 unspecified atom stereocenters. The molecule has 1 aliphatic rings. The summed E-state index contributed by atoms with van der Waals surface area (Å²) in [6, 6.07) is 3.24. The number of hydrogen-bond acceptors (Lipinski definition) is 9. The van der Waals surface area contributed by atoms with E-state index in [1.165, 1.54) is 29.5 Å². The Kier molecular flexibility index (Phi) is 6.68. The lowest BCUT2D eigenvalue weighted by Crippen LogP contribution is -2.43. The number of ether oxygens (including phenoxy) is 1. The molecule has 2 aromatic rings. The molecule has 1 N–H and O–H groups in total. The van der Waals surface area contributed by atoms with Gasteiger partial charge in [-0.1, -0.05) is 11.2 Å². The number of carbonyl (C=O) groups excluding carboxylic acids is 3. The van der Waals surface area contributed by atoms with Crippen molar-refractivity contribution in [2.75, 3.05) is 19.7 Å². The van der Waals surface area contributed by atoms with Crippen LogP contribution < -0.4 is 5.32 Å². The van der Waals surface area contributed by atoms with Crippen LogP contribution in [0.1, 0.15) is 34.0 Å². The molecule has 1 aliphatic heterocycles. The van der Waals surface area contributed by atoms with Crippen molar-refractivity contribution in [3.63, 3.8) is 0 Å². The zero-order valence-electron chi connectivity index (χ0n) is 16.4. The second-order valence-electron chi connectivity index (χ2n) is 6.82. The minimum absolute atomic E-state index is 0.00276. The molecule has 0 bridgehead atoms. The molecule has 12 heteroatoms. The number of carbonyl (C=O) groups is 3. The molecule has 0 aromatic carbocycles. The molecule has 3 heterocycles. The van der Waals surface area contributed by atoms with Gasteiger partial charge in [0.1, 0.15) is 10.6 Å². The molecule has 0 spiro atoms. The van der Waals surface area contributed by atoms with Crippen LogP contribution in [-0.4, -0.2) is 55.4 Å². The van der Waals surface area contributed by atoms with E-state index in [9.17, 15) is 22.8 Å². The van der Waals surface area contributed by atoms with Gasteiger partial charge in [0.15, 0.2) is 12.4 Å². The fourth-order valence-corrected chi connectivity index (χ4v) is 5.65. The average molecular weight is 456 g/mol. The second kappa shape index (κ2) is 9.06. The van der Waals surface area contributed by atoms with E-state index in [2.05, 4.69) is 10.5 Å². The first-order chi connectivity index (χ1) is 14.2. The molecule has 1 saturated heterocycles. The lowest BCUT2D eigenvalue weighted by molar-refractivity contribution is -0.153. The monoisotopic (exact) mass is 455 g/mol. The van der Waals surface area contributed by atoms with Crippen LogP contribution in [0.4, 0.5) is 0 Å². The Morgan fingerprint density at radius 3 is 2.77 bits per heavy atom. The minimum Gasteiger partial charge on any atom is -0.455 e. The highest BCUT2D eigenvalue weighted by Gasteiger charge is 2.37. The number of nitrogens with one attached hydrogen (secondary N) is 1. The van der Waals surface area contributed by atoms with Crippen LogP contribution in [0.15, 0.2) is 26.9 Å². The highest BCUT2D eigenvalue weighted by atomic mass is 32.2. The van der Waals surface area contributed by atoms with Crippen molar-refractivity contribution in [1.29, 1.82) is 0 Å². The maximum absolute atomic E-state index is 12.9. The van der Waals surface area contributed by atoms with Crippen LogP contribution in [0.3, 0.4) is 0 Å². The van der Waals surface area contributed by atoms with Crippen molar-refractivity contribution in [1.82, 2.24) is 14.8 Å². The van der Waals surface area contributed by atoms with Gasteiger partial charge in [-0.2, -0.15) is 4.31 Å². The summed E-state index contributed by atoms with van der Waals surface area (Å²) in [6.45, 7) is 2.61. The molecule has 30 heavy (non-hydrogen) atoms. The molecule has 0 radical (unpaired) electrons. The summed E-state index contributed by atoms with van der Waals surface area (Å²) < 4.78 is 37.0. The first kappa shape index (κ1) is 22.1. The van der Waals surface area contributed by atoms with Crippen molar-refractivity contribution in [3.8, 4) is 0 Å². The predicted octanol–water partition coefficient (Wildman–Crippen LogP) is 1.25. The fraction of sp³-hybridized carbons (Fsp3) is 0.444. The van der Waals surface area contributed by atoms with Crippen LogP contribution >= 0.6 is 11.3 Å². The van der Waals surface area contributed by atoms with Crippen LogP contribution in [-0.2, 0) is 24.3 Å². The Labute approximate surface area is 177 Å². The van der Waals surface area contributed by atoms with Crippen LogP contribution in [0, 0.1) is 19.8 Å². The first-order valence-corrected chi connectivity index (χ1v) is 11.5. The Morgan fingerprint density at radius 2 is 2.13 bits per heavy atom. The van der Waals surface area contributed by atoms with Gasteiger partial charge in [0, 0.05) is 13.1 Å². The van der Waals surface area contributed by atoms with Crippen molar-refractivity contribution < 1.29 is 32.1 Å². The Morgan fingerprint density at radius 1 is 1.37 bits per heavy atom. The smallest absolute Gasteiger partial charge is 0.310 e. The number of piperidine rings is 1. The van der Waals surface area contributed by atoms with Crippen LogP contribution in [0.25, 0.3) is 0 Å². The van der Waals surface area contributed by atoms with Gasteiger partial charge in [-0.15, -0.1) is 11.3 Å². The molecule has 2 aromatic heterocycles. The zero-order valence-corrected chi connectivity index (χ0v) is 18.0. The Balaban J connectivity index is 1.57. The van der Waals surface area contributed by atoms with Gasteiger partial charge in [-0.25, -0.2) is 8.42 Å². The lowest BCUT2D eigenvalue weighted by Gasteiger charge is -2.30. The van der Waals surface area contributed by atoms with Crippen molar-refractivity contribution in [3.05, 3.63) is 33.8 Å². The largest absolute Gasteiger partial charge is 0.455 e. The number of thiophene rings is 1. The third-order valence-electron chi connectivity index (χ3n) is 4.63. The van der Waals surface area contributed by atoms with Crippen molar-refractivity contribution >= 4 is 39.1 Å². The summed E-state index contributed by atoms with van der Waals surface area (Å²) in [5.74, 6) is -2.54. The number of nitrogens with zero attached hydrogens (tertiary/aromatic N) is 2. The molecule has 1 atom stereocenters. The van der Waals surface area contributed by atoms with E-state index in [-0.39, 0.29) is 29.4 Å². The number of amides is 2.